The van der Waals surface area contributed by atoms with Crippen LogP contribution in [0.2, 0.25) is 19.6 Å². The topological polar surface area (TPSA) is 32.8 Å². The van der Waals surface area contributed by atoms with Gasteiger partial charge in [0.05, 0.1) is 30.8 Å². The number of para-hydroxylation sites is 4. The maximum atomic E-state index is 6.89. The van der Waals surface area contributed by atoms with Crippen molar-refractivity contribution in [2.24, 2.45) is 0 Å². The van der Waals surface area contributed by atoms with Gasteiger partial charge in [0.15, 0.2) is 11.2 Å². The number of nitrogens with zero attached hydrogens (tertiary/aromatic N) is 2. The first-order valence-corrected chi connectivity index (χ1v) is 31.7. The van der Waals surface area contributed by atoms with Crippen molar-refractivity contribution >= 4 is 134 Å². The van der Waals surface area contributed by atoms with Crippen LogP contribution in [-0.4, -0.2) is 26.8 Å². The molecular formula is C65H62N2O2SSi. The molecule has 354 valence electrons. The van der Waals surface area contributed by atoms with Crippen molar-refractivity contribution in [1.29, 1.82) is 0 Å². The normalized spacial score (nSPS) is 12.9. The van der Waals surface area contributed by atoms with Gasteiger partial charge in [0, 0.05) is 49.4 Å². The quantitative estimate of drug-likeness (QED) is 0.0955. The Labute approximate surface area is 420 Å². The minimum absolute atomic E-state index is 0.246. The summed E-state index contributed by atoms with van der Waals surface area (Å²) in [7, 11) is -2.34. The number of rotatable bonds is 11. The Kier molecular flexibility index (Phi) is 10.7. The molecule has 71 heavy (non-hydrogen) atoms. The second kappa shape index (κ2) is 16.8. The predicted molar refractivity (Wildman–Crippen MR) is 314 cm³/mol. The molecule has 0 saturated heterocycles. The Hall–Kier alpha value is -6.99. The number of anilines is 6. The Morgan fingerprint density at radius 1 is 0.423 bits per heavy atom. The second-order valence-corrected chi connectivity index (χ2v) is 31.8. The van der Waals surface area contributed by atoms with Gasteiger partial charge in [0.2, 0.25) is 0 Å². The molecule has 6 heteroatoms. The molecule has 0 saturated carbocycles. The molecule has 0 amide bonds. The largest absolute Gasteiger partial charge is 0.454 e. The summed E-state index contributed by atoms with van der Waals surface area (Å²) in [6, 6.07) is 63.4. The highest BCUT2D eigenvalue weighted by molar-refractivity contribution is 8.31. The number of benzene rings is 10. The second-order valence-electron chi connectivity index (χ2n) is 22.2. The van der Waals surface area contributed by atoms with Crippen LogP contribution in [0.1, 0.15) is 56.2 Å². The van der Waals surface area contributed by atoms with E-state index in [1.807, 2.05) is 0 Å². The Balaban J connectivity index is 1.18. The van der Waals surface area contributed by atoms with Gasteiger partial charge in [-0.15, -0.1) is 0 Å². The molecule has 0 atom stereocenters. The van der Waals surface area contributed by atoms with Crippen molar-refractivity contribution in [3.8, 4) is 0 Å². The first kappa shape index (κ1) is 45.2. The van der Waals surface area contributed by atoms with Crippen LogP contribution in [0.25, 0.3) is 76.2 Å². The molecule has 0 bridgehead atoms. The lowest BCUT2D eigenvalue weighted by molar-refractivity contribution is 0.668. The summed E-state index contributed by atoms with van der Waals surface area (Å²) in [5, 5.41) is 13.5. The molecule has 0 unspecified atom stereocenters. The highest BCUT2D eigenvalue weighted by Crippen LogP contribution is 2.53. The predicted octanol–water partition coefficient (Wildman–Crippen LogP) is 19.3. The van der Waals surface area contributed by atoms with Crippen molar-refractivity contribution in [1.82, 2.24) is 0 Å². The highest BCUT2D eigenvalue weighted by Gasteiger charge is 2.29. The van der Waals surface area contributed by atoms with Gasteiger partial charge in [-0.05, 0) is 130 Å². The molecule has 4 nitrogen and oxygen atoms in total. The van der Waals surface area contributed by atoms with Crippen LogP contribution in [0, 0.1) is 0 Å². The lowest BCUT2D eigenvalue weighted by Gasteiger charge is -2.32. The van der Waals surface area contributed by atoms with Crippen LogP contribution in [0.4, 0.5) is 34.1 Å². The summed E-state index contributed by atoms with van der Waals surface area (Å²) in [5.41, 5.74) is 14.1. The van der Waals surface area contributed by atoms with Gasteiger partial charge in [-0.2, -0.15) is 0 Å². The van der Waals surface area contributed by atoms with E-state index in [4.69, 9.17) is 8.83 Å². The van der Waals surface area contributed by atoms with Crippen molar-refractivity contribution in [2.75, 3.05) is 28.6 Å². The SMILES string of the molecule is CC(C)c1cc(N(c2ccc(CS(C)(C)C)cc2)c2cccc3c2oc2ccccc23)c2ccc3c(C(C)C)cc(N(c4ccc([Si](C)(C)C)cc4)c4cccc5c4oc4ccccc45)c4ccc1c2c34. The Morgan fingerprint density at radius 3 is 1.25 bits per heavy atom. The molecule has 10 aromatic carbocycles. The van der Waals surface area contributed by atoms with Crippen LogP contribution in [0.15, 0.2) is 179 Å². The minimum atomic E-state index is -1.59. The maximum Gasteiger partial charge on any atom is 0.159 e. The first-order valence-electron chi connectivity index (χ1n) is 25.2. The molecule has 12 aromatic rings. The van der Waals surface area contributed by atoms with Crippen LogP contribution in [-0.2, 0) is 5.75 Å². The third kappa shape index (κ3) is 7.57. The smallest absolute Gasteiger partial charge is 0.159 e. The van der Waals surface area contributed by atoms with E-state index >= 15 is 0 Å². The van der Waals surface area contributed by atoms with Gasteiger partial charge < -0.3 is 18.6 Å². The van der Waals surface area contributed by atoms with Gasteiger partial charge in [-0.25, -0.2) is 10.0 Å². The standard InChI is InChI=1S/C65H62N2O2SSi/c1-40(2)54-37-58(66(43-27-25-42(26-28-43)39-70(5,6)7)56-21-15-19-50-46-17-11-13-23-60(46)68-64(50)56)52-35-33-49-55(41(3)4)38-59(53-36-34-48(54)62(52)63(49)53)67(44-29-31-45(32-30-44)71(8,9)10)57-22-16-20-51-47-18-12-14-24-61(47)69-65(51)57/h11-38,40-41H,39H2,1-10H3. The number of hydrogen-bond acceptors (Lipinski definition) is 4. The monoisotopic (exact) mass is 962 g/mol. The number of fused-ring (bicyclic) bond motifs is 6. The fraction of sp³-hybridized carbons (Fsp3) is 0.200. The van der Waals surface area contributed by atoms with Crippen LogP contribution in [0.3, 0.4) is 0 Å². The molecule has 2 heterocycles. The van der Waals surface area contributed by atoms with E-state index in [-0.39, 0.29) is 11.8 Å². The maximum absolute atomic E-state index is 6.89. The molecule has 0 aliphatic rings. The van der Waals surface area contributed by atoms with Crippen LogP contribution < -0.4 is 15.0 Å². The third-order valence-corrected chi connectivity index (χ3v) is 17.9. The van der Waals surface area contributed by atoms with Crippen LogP contribution in [0.5, 0.6) is 0 Å². The van der Waals surface area contributed by atoms with E-state index in [2.05, 4.69) is 246 Å². The van der Waals surface area contributed by atoms with Crippen LogP contribution >= 0.6 is 10.0 Å². The average molecular weight is 963 g/mol. The van der Waals surface area contributed by atoms with E-state index in [9.17, 15) is 0 Å². The molecule has 0 spiro atoms. The summed E-state index contributed by atoms with van der Waals surface area (Å²) in [6.07, 6.45) is 7.19. The van der Waals surface area contributed by atoms with E-state index in [0.29, 0.717) is 0 Å². The van der Waals surface area contributed by atoms with Crippen molar-refractivity contribution in [2.45, 2.75) is 64.9 Å². The zero-order valence-electron chi connectivity index (χ0n) is 42.6. The van der Waals surface area contributed by atoms with E-state index in [1.165, 1.54) is 54.2 Å². The molecule has 0 aliphatic heterocycles. The fourth-order valence-corrected chi connectivity index (χ4v) is 13.7. The van der Waals surface area contributed by atoms with Crippen molar-refractivity contribution < 1.29 is 8.83 Å². The zero-order chi connectivity index (χ0) is 49.1. The number of hydrogen-bond donors (Lipinski definition) is 0. The molecular weight excluding hydrogens is 901 g/mol. The summed E-state index contributed by atoms with van der Waals surface area (Å²) < 4.78 is 13.8. The molecule has 0 fully saturated rings. The summed E-state index contributed by atoms with van der Waals surface area (Å²) in [5.74, 6) is 1.57. The van der Waals surface area contributed by atoms with Gasteiger partial charge in [-0.3, -0.25) is 0 Å². The van der Waals surface area contributed by atoms with E-state index in [0.717, 1.165) is 83.8 Å². The Morgan fingerprint density at radius 2 is 0.831 bits per heavy atom. The first-order chi connectivity index (χ1) is 34.1. The molecule has 0 aliphatic carbocycles. The van der Waals surface area contributed by atoms with E-state index in [1.54, 1.807) is 0 Å². The van der Waals surface area contributed by atoms with Gasteiger partial charge in [-0.1, -0.05) is 162 Å². The Bertz CT molecular complexity index is 4000. The lowest BCUT2D eigenvalue weighted by Crippen LogP contribution is -2.37. The van der Waals surface area contributed by atoms with Gasteiger partial charge >= 0.3 is 0 Å². The molecule has 0 N–H and O–H groups in total. The zero-order valence-corrected chi connectivity index (χ0v) is 44.5. The lowest BCUT2D eigenvalue weighted by atomic mass is 9.84. The van der Waals surface area contributed by atoms with Gasteiger partial charge in [0.25, 0.3) is 0 Å². The summed E-state index contributed by atoms with van der Waals surface area (Å²) in [6.45, 7) is 16.6. The van der Waals surface area contributed by atoms with Crippen molar-refractivity contribution in [3.63, 3.8) is 0 Å². The summed E-state index contributed by atoms with van der Waals surface area (Å²) >= 11 is 0. The third-order valence-electron chi connectivity index (χ3n) is 14.7. The van der Waals surface area contributed by atoms with Gasteiger partial charge in [0.1, 0.15) is 11.2 Å². The molecule has 0 radical (unpaired) electrons. The minimum Gasteiger partial charge on any atom is -0.454 e. The van der Waals surface area contributed by atoms with Crippen molar-refractivity contribution in [3.05, 3.63) is 187 Å². The molecule has 12 rings (SSSR count). The number of furan rings is 2. The fourth-order valence-electron chi connectivity index (χ4n) is 11.3. The average Bonchev–Trinajstić information content (AvgIpc) is 3.93. The highest BCUT2D eigenvalue weighted by atomic mass is 32.3. The van der Waals surface area contributed by atoms with E-state index < -0.39 is 18.1 Å². The summed E-state index contributed by atoms with van der Waals surface area (Å²) in [4.78, 5) is 4.96. The molecule has 2 aromatic heterocycles.